The van der Waals surface area contributed by atoms with Gasteiger partial charge in [-0.25, -0.2) is 14.6 Å². The highest BCUT2D eigenvalue weighted by atomic mass is 16.3. The molecule has 3 aliphatic rings. The molecule has 1 atom stereocenters. The lowest BCUT2D eigenvalue weighted by Crippen LogP contribution is -2.30. The van der Waals surface area contributed by atoms with Crippen LogP contribution in [0.15, 0.2) is 36.8 Å². The molecule has 1 aliphatic heterocycles. The quantitative estimate of drug-likeness (QED) is 0.761. The van der Waals surface area contributed by atoms with Gasteiger partial charge in [0.1, 0.15) is 12.1 Å². The third kappa shape index (κ3) is 2.33. The van der Waals surface area contributed by atoms with Crippen LogP contribution >= 0.6 is 0 Å². The number of aliphatic hydroxyl groups excluding tert-OH is 1. The molecule has 3 heterocycles. The normalized spacial score (nSPS) is 24.6. The topological polar surface area (TPSA) is 67.1 Å². The van der Waals surface area contributed by atoms with Crippen molar-refractivity contribution in [1.82, 2.24) is 19.7 Å². The van der Waals surface area contributed by atoms with E-state index in [1.807, 2.05) is 16.9 Å². The SMILES string of the molecule is CC1(c2ccc3cnn(-c4cc(N5C[C@H](O)C6(CC6)C5)ncn4)c3c2)CCC1. The van der Waals surface area contributed by atoms with Gasteiger partial charge < -0.3 is 10.0 Å². The van der Waals surface area contributed by atoms with Crippen LogP contribution in [-0.2, 0) is 5.41 Å². The molecular formula is C22H25N5O. The number of nitrogens with zero attached hydrogens (tertiary/aromatic N) is 5. The minimum absolute atomic E-state index is 0.108. The second-order valence-corrected chi connectivity index (χ2v) is 9.24. The zero-order valence-electron chi connectivity index (χ0n) is 16.2. The van der Waals surface area contributed by atoms with E-state index in [0.29, 0.717) is 12.0 Å². The second-order valence-electron chi connectivity index (χ2n) is 9.24. The molecule has 6 heteroatoms. The molecular weight excluding hydrogens is 350 g/mol. The molecule has 3 fully saturated rings. The minimum atomic E-state index is -0.248. The Morgan fingerprint density at radius 2 is 1.89 bits per heavy atom. The summed E-state index contributed by atoms with van der Waals surface area (Å²) in [5, 5.41) is 16.1. The van der Waals surface area contributed by atoms with Gasteiger partial charge in [-0.05, 0) is 42.7 Å². The standard InChI is InChI=1S/C22H25N5O/c1-21(5-2-6-21)16-4-3-15-11-25-27(17(15)9-16)20-10-19(23-14-24-20)26-12-18(28)22(13-26)7-8-22/h3-4,9-11,14,18,28H,2,5-8,12-13H2,1H3/t18-/m0/s1. The van der Waals surface area contributed by atoms with Crippen LogP contribution in [0.1, 0.15) is 44.6 Å². The summed E-state index contributed by atoms with van der Waals surface area (Å²) in [5.74, 6) is 1.65. The van der Waals surface area contributed by atoms with E-state index in [0.717, 1.165) is 41.9 Å². The molecule has 0 unspecified atom stereocenters. The van der Waals surface area contributed by atoms with Crippen LogP contribution in [0.3, 0.4) is 0 Å². The van der Waals surface area contributed by atoms with Gasteiger partial charge >= 0.3 is 0 Å². The first kappa shape index (κ1) is 16.5. The van der Waals surface area contributed by atoms with Crippen LogP contribution in [0, 0.1) is 5.41 Å². The molecule has 2 saturated carbocycles. The van der Waals surface area contributed by atoms with E-state index >= 15 is 0 Å². The Balaban J connectivity index is 1.38. The van der Waals surface area contributed by atoms with E-state index in [-0.39, 0.29) is 11.5 Å². The third-order valence-electron chi connectivity index (χ3n) is 7.40. The summed E-state index contributed by atoms with van der Waals surface area (Å²) in [6, 6.07) is 8.70. The summed E-state index contributed by atoms with van der Waals surface area (Å²) in [4.78, 5) is 11.2. The third-order valence-corrected chi connectivity index (χ3v) is 7.40. The minimum Gasteiger partial charge on any atom is -0.391 e. The highest BCUT2D eigenvalue weighted by Gasteiger charge is 2.54. The summed E-state index contributed by atoms with van der Waals surface area (Å²) >= 11 is 0. The number of anilines is 1. The van der Waals surface area contributed by atoms with Gasteiger partial charge in [0.05, 0.1) is 17.8 Å². The van der Waals surface area contributed by atoms with Crippen molar-refractivity contribution in [3.63, 3.8) is 0 Å². The van der Waals surface area contributed by atoms with Crippen molar-refractivity contribution in [2.75, 3.05) is 18.0 Å². The van der Waals surface area contributed by atoms with Crippen molar-refractivity contribution in [3.8, 4) is 5.82 Å². The Hall–Kier alpha value is -2.47. The van der Waals surface area contributed by atoms with Crippen molar-refractivity contribution in [3.05, 3.63) is 42.4 Å². The van der Waals surface area contributed by atoms with E-state index in [1.54, 1.807) is 6.33 Å². The highest BCUT2D eigenvalue weighted by molar-refractivity contribution is 5.81. The van der Waals surface area contributed by atoms with Gasteiger partial charge in [-0.3, -0.25) is 0 Å². The first-order chi connectivity index (χ1) is 13.6. The van der Waals surface area contributed by atoms with Crippen LogP contribution in [0.2, 0.25) is 0 Å². The smallest absolute Gasteiger partial charge is 0.159 e. The molecule has 1 aromatic carbocycles. The summed E-state index contributed by atoms with van der Waals surface area (Å²) in [5.41, 5.74) is 2.89. The summed E-state index contributed by atoms with van der Waals surface area (Å²) in [7, 11) is 0. The Labute approximate surface area is 164 Å². The van der Waals surface area contributed by atoms with Gasteiger partial charge in [-0.1, -0.05) is 25.5 Å². The lowest BCUT2D eigenvalue weighted by atomic mass is 9.66. The molecule has 0 radical (unpaired) electrons. The molecule has 1 saturated heterocycles. The van der Waals surface area contributed by atoms with Crippen molar-refractivity contribution in [2.45, 2.75) is 50.5 Å². The molecule has 28 heavy (non-hydrogen) atoms. The van der Waals surface area contributed by atoms with E-state index in [1.165, 1.54) is 24.8 Å². The van der Waals surface area contributed by atoms with Gasteiger partial charge in [0, 0.05) is 30.0 Å². The largest absolute Gasteiger partial charge is 0.391 e. The van der Waals surface area contributed by atoms with Crippen molar-refractivity contribution >= 4 is 16.7 Å². The van der Waals surface area contributed by atoms with Gasteiger partial charge in [0.2, 0.25) is 0 Å². The first-order valence-corrected chi connectivity index (χ1v) is 10.3. The molecule has 0 bridgehead atoms. The van der Waals surface area contributed by atoms with Crippen LogP contribution in [0.25, 0.3) is 16.7 Å². The summed E-state index contributed by atoms with van der Waals surface area (Å²) in [6.45, 7) is 3.89. The van der Waals surface area contributed by atoms with E-state index in [4.69, 9.17) is 0 Å². The van der Waals surface area contributed by atoms with Gasteiger partial charge in [0.15, 0.2) is 5.82 Å². The second kappa shape index (κ2) is 5.54. The Morgan fingerprint density at radius 1 is 1.07 bits per heavy atom. The average Bonchev–Trinajstić information content (AvgIpc) is 3.23. The Kier molecular flexibility index (Phi) is 3.26. The molecule has 0 amide bonds. The number of aliphatic hydroxyl groups is 1. The lowest BCUT2D eigenvalue weighted by Gasteiger charge is -2.39. The fraction of sp³-hybridized carbons (Fsp3) is 0.500. The summed E-state index contributed by atoms with van der Waals surface area (Å²) < 4.78 is 1.92. The zero-order valence-corrected chi connectivity index (χ0v) is 16.2. The molecule has 144 valence electrons. The maximum Gasteiger partial charge on any atom is 0.159 e. The number of β-amino-alcohol motifs (C(OH)–C–C–N with tert-alkyl or cyclic N) is 1. The number of benzene rings is 1. The van der Waals surface area contributed by atoms with Gasteiger partial charge in [-0.15, -0.1) is 0 Å². The van der Waals surface area contributed by atoms with Crippen molar-refractivity contribution in [2.24, 2.45) is 5.41 Å². The van der Waals surface area contributed by atoms with Crippen LogP contribution in [-0.4, -0.2) is 44.0 Å². The monoisotopic (exact) mass is 375 g/mol. The predicted molar refractivity (Wildman–Crippen MR) is 108 cm³/mol. The first-order valence-electron chi connectivity index (χ1n) is 10.3. The van der Waals surface area contributed by atoms with Crippen molar-refractivity contribution < 1.29 is 5.11 Å². The summed E-state index contributed by atoms with van der Waals surface area (Å²) in [6.07, 6.45) is 9.32. The Bertz CT molecular complexity index is 1070. The Morgan fingerprint density at radius 3 is 2.61 bits per heavy atom. The van der Waals surface area contributed by atoms with E-state index < -0.39 is 0 Å². The number of hydrogen-bond acceptors (Lipinski definition) is 5. The van der Waals surface area contributed by atoms with Crippen LogP contribution < -0.4 is 4.90 Å². The van der Waals surface area contributed by atoms with Crippen molar-refractivity contribution in [1.29, 1.82) is 0 Å². The predicted octanol–water partition coefficient (Wildman–Crippen LogP) is 3.22. The highest BCUT2D eigenvalue weighted by Crippen LogP contribution is 2.53. The fourth-order valence-electron chi connectivity index (χ4n) is 4.98. The molecule has 6 rings (SSSR count). The number of hydrogen-bond donors (Lipinski definition) is 1. The van der Waals surface area contributed by atoms with E-state index in [2.05, 4.69) is 45.1 Å². The number of rotatable bonds is 3. The van der Waals surface area contributed by atoms with Crippen LogP contribution in [0.4, 0.5) is 5.82 Å². The van der Waals surface area contributed by atoms with E-state index in [9.17, 15) is 5.11 Å². The fourth-order valence-corrected chi connectivity index (χ4v) is 4.98. The molecule has 1 N–H and O–H groups in total. The molecule has 2 aromatic heterocycles. The maximum absolute atomic E-state index is 10.4. The van der Waals surface area contributed by atoms with Gasteiger partial charge in [0.25, 0.3) is 0 Å². The maximum atomic E-state index is 10.4. The number of aromatic nitrogens is 4. The lowest BCUT2D eigenvalue weighted by molar-refractivity contribution is 0.136. The molecule has 1 spiro atoms. The average molecular weight is 375 g/mol. The number of fused-ring (bicyclic) bond motifs is 1. The molecule has 2 aliphatic carbocycles. The zero-order chi connectivity index (χ0) is 18.9. The van der Waals surface area contributed by atoms with Gasteiger partial charge in [-0.2, -0.15) is 5.10 Å². The molecule has 3 aromatic rings. The molecule has 6 nitrogen and oxygen atoms in total. The van der Waals surface area contributed by atoms with Crippen LogP contribution in [0.5, 0.6) is 0 Å².